The fraction of sp³-hybridized carbons (Fsp3) is 0.167. The van der Waals surface area contributed by atoms with Crippen molar-refractivity contribution >= 4 is 10.9 Å². The third kappa shape index (κ3) is 2.37. The number of rotatable bonds is 2. The highest BCUT2D eigenvalue weighted by Crippen LogP contribution is 2.38. The molecule has 3 rings (SSSR count). The summed E-state index contributed by atoms with van der Waals surface area (Å²) >= 11 is 0. The predicted molar refractivity (Wildman–Crippen MR) is 84.6 cm³/mol. The van der Waals surface area contributed by atoms with Gasteiger partial charge in [0.05, 0.1) is 0 Å². The van der Waals surface area contributed by atoms with Crippen LogP contribution in [0.4, 0.5) is 4.39 Å². The van der Waals surface area contributed by atoms with E-state index in [1.165, 1.54) is 6.07 Å². The average molecular weight is 297 g/mol. The maximum atomic E-state index is 14.2. The van der Waals surface area contributed by atoms with Crippen molar-refractivity contribution in [2.45, 2.75) is 19.8 Å². The molecule has 3 aromatic rings. The van der Waals surface area contributed by atoms with Crippen LogP contribution in [0.1, 0.15) is 25.3 Å². The maximum Gasteiger partial charge on any atom is 0.150 e. The Bertz CT molecular complexity index is 836. The number of hydrogen-bond acceptors (Lipinski definition) is 3. The van der Waals surface area contributed by atoms with E-state index in [4.69, 9.17) is 0 Å². The molecule has 0 saturated carbocycles. The molecule has 0 unspecified atom stereocenters. The Morgan fingerprint density at radius 2 is 1.64 bits per heavy atom. The van der Waals surface area contributed by atoms with E-state index in [9.17, 15) is 14.6 Å². The van der Waals surface area contributed by atoms with Gasteiger partial charge in [-0.1, -0.05) is 19.9 Å². The van der Waals surface area contributed by atoms with E-state index in [1.54, 1.807) is 36.5 Å². The minimum absolute atomic E-state index is 0.00779. The van der Waals surface area contributed by atoms with Crippen LogP contribution in [0.15, 0.2) is 42.6 Å². The first kappa shape index (κ1) is 14.3. The lowest BCUT2D eigenvalue weighted by Gasteiger charge is -2.13. The van der Waals surface area contributed by atoms with E-state index >= 15 is 0 Å². The molecule has 0 aliphatic rings. The maximum absolute atomic E-state index is 14.2. The van der Waals surface area contributed by atoms with E-state index in [1.807, 2.05) is 13.8 Å². The molecular formula is C18H16FNO2. The number of halogens is 1. The Balaban J connectivity index is 2.20. The number of aromatic nitrogens is 1. The normalized spacial score (nSPS) is 11.3. The first-order chi connectivity index (χ1) is 10.5. The van der Waals surface area contributed by atoms with Crippen molar-refractivity contribution in [3.8, 4) is 22.6 Å². The van der Waals surface area contributed by atoms with Gasteiger partial charge in [-0.15, -0.1) is 0 Å². The summed E-state index contributed by atoms with van der Waals surface area (Å²) in [5.74, 6) is -0.417. The fourth-order valence-electron chi connectivity index (χ4n) is 2.70. The number of phenolic OH excluding ortho intramolecular Hbond substituents is 2. The molecule has 0 bridgehead atoms. The molecule has 0 radical (unpaired) electrons. The second-order valence-electron chi connectivity index (χ2n) is 5.62. The van der Waals surface area contributed by atoms with Gasteiger partial charge in [-0.25, -0.2) is 4.39 Å². The largest absolute Gasteiger partial charge is 0.507 e. The summed E-state index contributed by atoms with van der Waals surface area (Å²) in [4.78, 5) is 4.01. The van der Waals surface area contributed by atoms with Gasteiger partial charge in [-0.2, -0.15) is 0 Å². The number of hydrogen-bond donors (Lipinski definition) is 2. The minimum atomic E-state index is -0.431. The summed E-state index contributed by atoms with van der Waals surface area (Å²) < 4.78 is 14.2. The lowest BCUT2D eigenvalue weighted by atomic mass is 9.95. The van der Waals surface area contributed by atoms with Crippen LogP contribution in [0.2, 0.25) is 0 Å². The summed E-state index contributed by atoms with van der Waals surface area (Å²) in [5.41, 5.74) is 1.94. The summed E-state index contributed by atoms with van der Waals surface area (Å²) in [6, 6.07) is 9.75. The Morgan fingerprint density at radius 1 is 1.00 bits per heavy atom. The van der Waals surface area contributed by atoms with Crippen LogP contribution in [0.3, 0.4) is 0 Å². The van der Waals surface area contributed by atoms with Gasteiger partial charge >= 0.3 is 0 Å². The third-order valence-electron chi connectivity index (χ3n) is 3.71. The van der Waals surface area contributed by atoms with Gasteiger partial charge in [-0.3, -0.25) is 4.98 Å². The topological polar surface area (TPSA) is 53.4 Å². The first-order valence-electron chi connectivity index (χ1n) is 7.08. The van der Waals surface area contributed by atoms with Crippen molar-refractivity contribution in [2.75, 3.05) is 0 Å². The van der Waals surface area contributed by atoms with E-state index in [0.717, 1.165) is 0 Å². The molecule has 112 valence electrons. The number of nitrogens with zero attached hydrogens (tertiary/aromatic N) is 1. The molecule has 0 saturated heterocycles. The second kappa shape index (κ2) is 5.30. The van der Waals surface area contributed by atoms with Crippen LogP contribution in [0.5, 0.6) is 11.5 Å². The lowest BCUT2D eigenvalue weighted by Crippen LogP contribution is -1.91. The zero-order valence-corrected chi connectivity index (χ0v) is 12.3. The molecule has 0 aliphatic carbocycles. The number of aromatic hydroxyl groups is 2. The summed E-state index contributed by atoms with van der Waals surface area (Å²) in [5, 5.41) is 20.9. The molecule has 0 amide bonds. The molecule has 1 aromatic heterocycles. The smallest absolute Gasteiger partial charge is 0.150 e. The third-order valence-corrected chi connectivity index (χ3v) is 3.71. The van der Waals surface area contributed by atoms with Crippen LogP contribution in [0, 0.1) is 5.82 Å². The van der Waals surface area contributed by atoms with E-state index in [2.05, 4.69) is 4.98 Å². The van der Waals surface area contributed by atoms with Crippen molar-refractivity contribution < 1.29 is 14.6 Å². The quantitative estimate of drug-likeness (QED) is 0.728. The van der Waals surface area contributed by atoms with E-state index < -0.39 is 5.82 Å². The van der Waals surface area contributed by atoms with Gasteiger partial charge in [0.25, 0.3) is 0 Å². The van der Waals surface area contributed by atoms with Crippen LogP contribution in [0.25, 0.3) is 22.0 Å². The SMILES string of the molecule is CC(C)c1c(O)cc(-c2cc(F)c3ncccc3c2)cc1O. The zero-order valence-electron chi connectivity index (χ0n) is 12.3. The van der Waals surface area contributed by atoms with E-state index in [0.29, 0.717) is 27.6 Å². The monoisotopic (exact) mass is 297 g/mol. The predicted octanol–water partition coefficient (Wildman–Crippen LogP) is 4.58. The number of fused-ring (bicyclic) bond motifs is 1. The molecule has 4 heteroatoms. The zero-order chi connectivity index (χ0) is 15.9. The molecule has 2 N–H and O–H groups in total. The first-order valence-corrected chi connectivity index (χ1v) is 7.08. The summed E-state index contributed by atoms with van der Waals surface area (Å²) in [7, 11) is 0. The summed E-state index contributed by atoms with van der Waals surface area (Å²) in [6.07, 6.45) is 1.54. The van der Waals surface area contributed by atoms with Crippen LogP contribution in [-0.2, 0) is 0 Å². The van der Waals surface area contributed by atoms with Gasteiger partial charge < -0.3 is 10.2 Å². The van der Waals surface area contributed by atoms with E-state index in [-0.39, 0.29) is 17.4 Å². The van der Waals surface area contributed by atoms with Crippen molar-refractivity contribution in [1.29, 1.82) is 0 Å². The van der Waals surface area contributed by atoms with Gasteiger partial charge in [0, 0.05) is 17.1 Å². The molecule has 22 heavy (non-hydrogen) atoms. The standard InChI is InChI=1S/C18H16FNO2/c1-10(2)17-15(21)8-13(9-16(17)22)12-6-11-4-3-5-20-18(11)14(19)7-12/h3-10,21-22H,1-2H3. The molecule has 0 fully saturated rings. The Morgan fingerprint density at radius 3 is 2.27 bits per heavy atom. The van der Waals surface area contributed by atoms with Crippen molar-refractivity contribution in [3.05, 3.63) is 54.0 Å². The Kier molecular flexibility index (Phi) is 3.45. The Labute approximate surface area is 127 Å². The highest BCUT2D eigenvalue weighted by Gasteiger charge is 2.15. The molecule has 0 aliphatic heterocycles. The van der Waals surface area contributed by atoms with Gasteiger partial charge in [-0.05, 0) is 47.4 Å². The number of pyridine rings is 1. The highest BCUT2D eigenvalue weighted by molar-refractivity contribution is 5.85. The molecule has 3 nitrogen and oxygen atoms in total. The fourth-order valence-corrected chi connectivity index (χ4v) is 2.70. The number of phenols is 2. The van der Waals surface area contributed by atoms with Gasteiger partial charge in [0.15, 0.2) is 0 Å². The molecule has 2 aromatic carbocycles. The van der Waals surface area contributed by atoms with Gasteiger partial charge in [0.1, 0.15) is 22.8 Å². The van der Waals surface area contributed by atoms with Crippen LogP contribution < -0.4 is 0 Å². The average Bonchev–Trinajstić information content (AvgIpc) is 2.46. The Hall–Kier alpha value is -2.62. The summed E-state index contributed by atoms with van der Waals surface area (Å²) in [6.45, 7) is 3.77. The second-order valence-corrected chi connectivity index (χ2v) is 5.62. The lowest BCUT2D eigenvalue weighted by molar-refractivity contribution is 0.434. The van der Waals surface area contributed by atoms with Crippen LogP contribution >= 0.6 is 0 Å². The number of benzene rings is 2. The van der Waals surface area contributed by atoms with Gasteiger partial charge in [0.2, 0.25) is 0 Å². The molecular weight excluding hydrogens is 281 g/mol. The van der Waals surface area contributed by atoms with Crippen LogP contribution in [-0.4, -0.2) is 15.2 Å². The highest BCUT2D eigenvalue weighted by atomic mass is 19.1. The molecule has 0 spiro atoms. The molecule has 0 atom stereocenters. The minimum Gasteiger partial charge on any atom is -0.507 e. The van der Waals surface area contributed by atoms with Crippen molar-refractivity contribution in [2.24, 2.45) is 0 Å². The van der Waals surface area contributed by atoms with Crippen molar-refractivity contribution in [3.63, 3.8) is 0 Å². The molecule has 1 heterocycles. The van der Waals surface area contributed by atoms with Crippen molar-refractivity contribution in [1.82, 2.24) is 4.98 Å².